The maximum Gasteiger partial charge on any atom is 0.222 e. The zero-order chi connectivity index (χ0) is 23.0. The third-order valence-electron chi connectivity index (χ3n) is 4.26. The fourth-order valence-corrected chi connectivity index (χ4v) is 2.45. The Bertz CT molecular complexity index is 415. The number of carbonyl (C=O) groups is 2. The van der Waals surface area contributed by atoms with Crippen LogP contribution in [0.15, 0.2) is 0 Å². The summed E-state index contributed by atoms with van der Waals surface area (Å²) >= 11 is 0. The summed E-state index contributed by atoms with van der Waals surface area (Å²) in [5.74, 6) is 0.00542. The van der Waals surface area contributed by atoms with Crippen molar-refractivity contribution in [2.75, 3.05) is 113 Å². The molecular weight excluding hydrogens is 404 g/mol. The predicted octanol–water partition coefficient (Wildman–Crippen LogP) is -0.769. The number of carbonyl (C=O) groups excluding carboxylic acids is 2. The zero-order valence-electron chi connectivity index (χ0n) is 19.7. The number of hydrogen-bond donors (Lipinski definition) is 2. The van der Waals surface area contributed by atoms with Crippen molar-refractivity contribution in [2.45, 2.75) is 12.8 Å². The Balaban J connectivity index is 3.47. The van der Waals surface area contributed by atoms with Crippen molar-refractivity contribution in [1.29, 1.82) is 0 Å². The molecule has 0 aromatic heterocycles. The summed E-state index contributed by atoms with van der Waals surface area (Å²) in [5, 5.41) is 6.12. The van der Waals surface area contributed by atoms with Gasteiger partial charge in [0.2, 0.25) is 5.91 Å². The van der Waals surface area contributed by atoms with Gasteiger partial charge in [-0.05, 0) is 21.1 Å². The summed E-state index contributed by atoms with van der Waals surface area (Å²) in [4.78, 5) is 26.5. The van der Waals surface area contributed by atoms with E-state index < -0.39 is 0 Å². The molecule has 0 unspecified atom stereocenters. The fraction of sp³-hybridized carbons (Fsp3) is 0.905. The zero-order valence-corrected chi connectivity index (χ0v) is 19.7. The van der Waals surface area contributed by atoms with E-state index in [0.717, 1.165) is 39.0 Å². The predicted molar refractivity (Wildman–Crippen MR) is 121 cm³/mol. The topological polar surface area (TPSA) is 102 Å². The van der Waals surface area contributed by atoms with Gasteiger partial charge >= 0.3 is 0 Å². The van der Waals surface area contributed by atoms with Crippen LogP contribution in [-0.2, 0) is 28.5 Å². The second-order valence-corrected chi connectivity index (χ2v) is 7.25. The molecule has 0 bridgehead atoms. The van der Waals surface area contributed by atoms with Crippen LogP contribution >= 0.6 is 0 Å². The summed E-state index contributed by atoms with van der Waals surface area (Å²) in [6.07, 6.45) is 1.59. The average molecular weight is 449 g/mol. The molecular formula is C21H44N4O6. The van der Waals surface area contributed by atoms with Gasteiger partial charge in [-0.25, -0.2) is 0 Å². The minimum atomic E-state index is 0.00542. The SMILES string of the molecule is CNCCN(CCNC(=O)CCOCCOCCOCCOCCC=O)CCN(C)C. The molecule has 0 fully saturated rings. The number of amides is 1. The Hall–Kier alpha value is -1.14. The largest absolute Gasteiger partial charge is 0.379 e. The van der Waals surface area contributed by atoms with Crippen LogP contribution in [0.2, 0.25) is 0 Å². The molecule has 0 aromatic carbocycles. The van der Waals surface area contributed by atoms with Crippen LogP contribution in [0.25, 0.3) is 0 Å². The lowest BCUT2D eigenvalue weighted by atomic mass is 10.4. The lowest BCUT2D eigenvalue weighted by molar-refractivity contribution is -0.122. The van der Waals surface area contributed by atoms with Gasteiger partial charge in [0.25, 0.3) is 0 Å². The third kappa shape index (κ3) is 23.4. The van der Waals surface area contributed by atoms with E-state index in [4.69, 9.17) is 18.9 Å². The average Bonchev–Trinajstić information content (AvgIpc) is 2.75. The first-order valence-corrected chi connectivity index (χ1v) is 11.1. The molecule has 31 heavy (non-hydrogen) atoms. The van der Waals surface area contributed by atoms with E-state index >= 15 is 0 Å². The monoisotopic (exact) mass is 448 g/mol. The second kappa shape index (κ2) is 23.5. The molecule has 1 amide bonds. The van der Waals surface area contributed by atoms with E-state index in [1.54, 1.807) is 0 Å². The number of hydrogen-bond acceptors (Lipinski definition) is 9. The quantitative estimate of drug-likeness (QED) is 0.146. The van der Waals surface area contributed by atoms with E-state index in [1.165, 1.54) is 0 Å². The Kier molecular flexibility index (Phi) is 22.7. The number of likely N-dealkylation sites (N-methyl/N-ethyl adjacent to an activating group) is 2. The third-order valence-corrected chi connectivity index (χ3v) is 4.26. The molecule has 0 aromatic rings. The van der Waals surface area contributed by atoms with Gasteiger partial charge in [-0.3, -0.25) is 9.69 Å². The number of rotatable bonds is 24. The standard InChI is InChI=1S/C21H44N4O6/c1-22-6-8-25(11-10-24(2)3)9-7-23-21(27)5-14-29-16-18-31-20-19-30-17-15-28-13-4-12-26/h12,22H,4-11,13-20H2,1-3H3,(H,23,27). The first-order chi connectivity index (χ1) is 15.1. The van der Waals surface area contributed by atoms with Gasteiger partial charge in [-0.2, -0.15) is 0 Å². The van der Waals surface area contributed by atoms with Crippen molar-refractivity contribution in [1.82, 2.24) is 20.4 Å². The second-order valence-electron chi connectivity index (χ2n) is 7.25. The van der Waals surface area contributed by atoms with Crippen molar-refractivity contribution >= 4 is 12.2 Å². The molecule has 0 saturated carbocycles. The van der Waals surface area contributed by atoms with Crippen LogP contribution < -0.4 is 10.6 Å². The molecule has 0 aliphatic heterocycles. The van der Waals surface area contributed by atoms with E-state index in [9.17, 15) is 9.59 Å². The van der Waals surface area contributed by atoms with Crippen molar-refractivity contribution in [3.05, 3.63) is 0 Å². The summed E-state index contributed by atoms with van der Waals surface area (Å²) in [6, 6.07) is 0. The van der Waals surface area contributed by atoms with Gasteiger partial charge < -0.3 is 39.3 Å². The van der Waals surface area contributed by atoms with Crippen molar-refractivity contribution in [2.24, 2.45) is 0 Å². The molecule has 0 atom stereocenters. The molecule has 0 aliphatic rings. The molecule has 10 heteroatoms. The van der Waals surface area contributed by atoms with Crippen LogP contribution in [0.3, 0.4) is 0 Å². The van der Waals surface area contributed by atoms with Gasteiger partial charge in [0.15, 0.2) is 0 Å². The number of nitrogens with zero attached hydrogens (tertiary/aromatic N) is 2. The van der Waals surface area contributed by atoms with Gasteiger partial charge in [0.05, 0.1) is 52.9 Å². The van der Waals surface area contributed by atoms with Gasteiger partial charge in [-0.1, -0.05) is 0 Å². The van der Waals surface area contributed by atoms with Gasteiger partial charge in [0, 0.05) is 52.1 Å². The van der Waals surface area contributed by atoms with Crippen molar-refractivity contribution in [3.8, 4) is 0 Å². The number of ether oxygens (including phenoxy) is 4. The van der Waals surface area contributed by atoms with Crippen LogP contribution in [0.5, 0.6) is 0 Å². The Labute approximate surface area is 187 Å². The summed E-state index contributed by atoms with van der Waals surface area (Å²) < 4.78 is 21.3. The van der Waals surface area contributed by atoms with Crippen LogP contribution in [-0.4, -0.2) is 135 Å². The lowest BCUT2D eigenvalue weighted by Crippen LogP contribution is -2.41. The van der Waals surface area contributed by atoms with Gasteiger partial charge in [0.1, 0.15) is 6.29 Å². The lowest BCUT2D eigenvalue weighted by Gasteiger charge is -2.24. The maximum absolute atomic E-state index is 11.9. The fourth-order valence-electron chi connectivity index (χ4n) is 2.45. The van der Waals surface area contributed by atoms with Crippen molar-refractivity contribution in [3.63, 3.8) is 0 Å². The molecule has 184 valence electrons. The van der Waals surface area contributed by atoms with E-state index in [1.807, 2.05) is 7.05 Å². The minimum absolute atomic E-state index is 0.00542. The highest BCUT2D eigenvalue weighted by atomic mass is 16.6. The molecule has 2 N–H and O–H groups in total. The highest BCUT2D eigenvalue weighted by Crippen LogP contribution is 1.90. The normalized spacial score (nSPS) is 11.4. The number of aldehydes is 1. The molecule has 0 spiro atoms. The molecule has 0 saturated heterocycles. The van der Waals surface area contributed by atoms with E-state index in [0.29, 0.717) is 72.2 Å². The first kappa shape index (κ1) is 29.9. The van der Waals surface area contributed by atoms with Crippen LogP contribution in [0, 0.1) is 0 Å². The maximum atomic E-state index is 11.9. The van der Waals surface area contributed by atoms with Crippen LogP contribution in [0.1, 0.15) is 12.8 Å². The Morgan fingerprint density at radius 2 is 1.32 bits per heavy atom. The molecule has 0 heterocycles. The summed E-state index contributed by atoms with van der Waals surface area (Å²) in [6.45, 7) is 9.00. The minimum Gasteiger partial charge on any atom is -0.379 e. The Morgan fingerprint density at radius 3 is 1.87 bits per heavy atom. The Morgan fingerprint density at radius 1 is 0.774 bits per heavy atom. The van der Waals surface area contributed by atoms with Crippen LogP contribution in [0.4, 0.5) is 0 Å². The molecule has 0 rings (SSSR count). The van der Waals surface area contributed by atoms with Gasteiger partial charge in [-0.15, -0.1) is 0 Å². The van der Waals surface area contributed by atoms with E-state index in [-0.39, 0.29) is 5.91 Å². The summed E-state index contributed by atoms with van der Waals surface area (Å²) in [5.41, 5.74) is 0. The number of nitrogens with one attached hydrogen (secondary N) is 2. The molecule has 10 nitrogen and oxygen atoms in total. The first-order valence-electron chi connectivity index (χ1n) is 11.1. The smallest absolute Gasteiger partial charge is 0.222 e. The molecule has 0 radical (unpaired) electrons. The summed E-state index contributed by atoms with van der Waals surface area (Å²) in [7, 11) is 6.07. The highest BCUT2D eigenvalue weighted by molar-refractivity contribution is 5.75. The highest BCUT2D eigenvalue weighted by Gasteiger charge is 2.06. The van der Waals surface area contributed by atoms with E-state index in [2.05, 4.69) is 34.5 Å². The van der Waals surface area contributed by atoms with Crippen molar-refractivity contribution < 1.29 is 28.5 Å². The molecule has 0 aliphatic carbocycles.